The van der Waals surface area contributed by atoms with Crippen LogP contribution in [-0.4, -0.2) is 27.6 Å². The van der Waals surface area contributed by atoms with Crippen LogP contribution in [0.1, 0.15) is 58.1 Å². The zero-order valence-corrected chi connectivity index (χ0v) is 20.8. The quantitative estimate of drug-likeness (QED) is 0.470. The molecule has 0 spiro atoms. The molecule has 34 heavy (non-hydrogen) atoms. The Morgan fingerprint density at radius 2 is 1.76 bits per heavy atom. The van der Waals surface area contributed by atoms with Gasteiger partial charge in [0.15, 0.2) is 5.69 Å². The van der Waals surface area contributed by atoms with Crippen LogP contribution in [0.15, 0.2) is 48.5 Å². The number of aryl methyl sites for hydroxylation is 1. The summed E-state index contributed by atoms with van der Waals surface area (Å²) in [5.74, 6) is -1.82. The van der Waals surface area contributed by atoms with Gasteiger partial charge in [0.2, 0.25) is 5.91 Å². The molecule has 0 aliphatic carbocycles. The van der Waals surface area contributed by atoms with E-state index in [1.165, 1.54) is 4.90 Å². The standard InChI is InChI=1S/C24H26ClN5O3S/c1-13-6-5-7-16(12-13)30(23(33)20-17(26)18(21(27)31)29-34-20)19(22(32)28-24(2,3)4)14-8-10-15(25)11-9-14/h5-12,19H,26H2,1-4H3,(H2,27,31)(H,28,32)/t19-/m1/s1. The molecule has 1 atom stereocenters. The summed E-state index contributed by atoms with van der Waals surface area (Å²) in [5.41, 5.74) is 12.4. The fourth-order valence-corrected chi connectivity index (χ4v) is 4.27. The number of nitrogens with one attached hydrogen (secondary N) is 1. The van der Waals surface area contributed by atoms with Gasteiger partial charge in [0.25, 0.3) is 11.8 Å². The van der Waals surface area contributed by atoms with Crippen LogP contribution in [0.25, 0.3) is 0 Å². The molecule has 0 aliphatic heterocycles. The van der Waals surface area contributed by atoms with Gasteiger partial charge in [-0.05, 0) is 74.6 Å². The number of benzene rings is 2. The number of primary amides is 1. The van der Waals surface area contributed by atoms with Crippen molar-refractivity contribution in [2.45, 2.75) is 39.3 Å². The van der Waals surface area contributed by atoms with Gasteiger partial charge in [0.1, 0.15) is 10.9 Å². The molecule has 2 aromatic carbocycles. The van der Waals surface area contributed by atoms with E-state index in [1.54, 1.807) is 42.5 Å². The fourth-order valence-electron chi connectivity index (χ4n) is 3.40. The van der Waals surface area contributed by atoms with Crippen LogP contribution in [0, 0.1) is 6.92 Å². The fraction of sp³-hybridized carbons (Fsp3) is 0.250. The van der Waals surface area contributed by atoms with Crippen LogP contribution in [0.5, 0.6) is 0 Å². The summed E-state index contributed by atoms with van der Waals surface area (Å²) < 4.78 is 3.95. The van der Waals surface area contributed by atoms with E-state index in [1.807, 2.05) is 33.8 Å². The first kappa shape index (κ1) is 25.2. The van der Waals surface area contributed by atoms with E-state index in [4.69, 9.17) is 23.1 Å². The van der Waals surface area contributed by atoms with Crippen LogP contribution >= 0.6 is 23.1 Å². The highest BCUT2D eigenvalue weighted by Gasteiger charge is 2.37. The van der Waals surface area contributed by atoms with Crippen molar-refractivity contribution < 1.29 is 14.4 Å². The molecule has 0 saturated heterocycles. The Kier molecular flexibility index (Phi) is 7.28. The van der Waals surface area contributed by atoms with Gasteiger partial charge >= 0.3 is 0 Å². The van der Waals surface area contributed by atoms with Gasteiger partial charge in [-0.2, -0.15) is 4.37 Å². The molecule has 0 unspecified atom stereocenters. The predicted octanol–water partition coefficient (Wildman–Crippen LogP) is 4.09. The number of carbonyl (C=O) groups excluding carboxylic acids is 3. The van der Waals surface area contributed by atoms with Gasteiger partial charge in [0.05, 0.1) is 5.69 Å². The molecule has 0 fully saturated rings. The summed E-state index contributed by atoms with van der Waals surface area (Å²) in [4.78, 5) is 40.6. The van der Waals surface area contributed by atoms with Crippen molar-refractivity contribution >= 4 is 52.2 Å². The largest absolute Gasteiger partial charge is 0.395 e. The highest BCUT2D eigenvalue weighted by atomic mass is 35.5. The second-order valence-corrected chi connectivity index (χ2v) is 10.1. The van der Waals surface area contributed by atoms with Gasteiger partial charge in [0, 0.05) is 16.2 Å². The smallest absolute Gasteiger partial charge is 0.273 e. The lowest BCUT2D eigenvalue weighted by atomic mass is 10.00. The molecule has 0 saturated carbocycles. The first-order valence-corrected chi connectivity index (χ1v) is 11.6. The first-order valence-electron chi connectivity index (χ1n) is 10.4. The van der Waals surface area contributed by atoms with Crippen LogP contribution < -0.4 is 21.7 Å². The Bertz CT molecular complexity index is 1230. The van der Waals surface area contributed by atoms with Gasteiger partial charge in [-0.25, -0.2) is 0 Å². The summed E-state index contributed by atoms with van der Waals surface area (Å²) in [6.45, 7) is 7.43. The molecule has 8 nitrogen and oxygen atoms in total. The van der Waals surface area contributed by atoms with E-state index < -0.39 is 29.3 Å². The number of anilines is 2. The highest BCUT2D eigenvalue weighted by molar-refractivity contribution is 7.09. The lowest BCUT2D eigenvalue weighted by Gasteiger charge is -2.33. The monoisotopic (exact) mass is 499 g/mol. The third-order valence-electron chi connectivity index (χ3n) is 4.84. The lowest BCUT2D eigenvalue weighted by Crippen LogP contribution is -2.49. The molecule has 10 heteroatoms. The van der Waals surface area contributed by atoms with E-state index in [0.29, 0.717) is 16.3 Å². The van der Waals surface area contributed by atoms with Crippen molar-refractivity contribution in [1.29, 1.82) is 0 Å². The number of amides is 3. The number of aromatic nitrogens is 1. The van der Waals surface area contributed by atoms with Crippen LogP contribution in [-0.2, 0) is 4.79 Å². The maximum Gasteiger partial charge on any atom is 0.273 e. The van der Waals surface area contributed by atoms with Gasteiger partial charge in [-0.15, -0.1) is 0 Å². The third kappa shape index (κ3) is 5.55. The molecule has 0 radical (unpaired) electrons. The zero-order valence-electron chi connectivity index (χ0n) is 19.3. The molecule has 3 amide bonds. The van der Waals surface area contributed by atoms with E-state index in [2.05, 4.69) is 9.69 Å². The number of carbonyl (C=O) groups is 3. The van der Waals surface area contributed by atoms with Gasteiger partial charge in [-0.3, -0.25) is 19.3 Å². The predicted molar refractivity (Wildman–Crippen MR) is 135 cm³/mol. The summed E-state index contributed by atoms with van der Waals surface area (Å²) in [6, 6.07) is 12.8. The summed E-state index contributed by atoms with van der Waals surface area (Å²) in [7, 11) is 0. The van der Waals surface area contributed by atoms with Crippen molar-refractivity contribution in [2.24, 2.45) is 5.73 Å². The molecule has 0 aliphatic rings. The Morgan fingerprint density at radius 3 is 2.29 bits per heavy atom. The molecular formula is C24H26ClN5O3S. The minimum Gasteiger partial charge on any atom is -0.395 e. The second-order valence-electron chi connectivity index (χ2n) is 8.85. The molecule has 3 rings (SSSR count). The normalized spacial score (nSPS) is 12.1. The van der Waals surface area contributed by atoms with Gasteiger partial charge < -0.3 is 16.8 Å². The molecule has 1 aromatic heterocycles. The summed E-state index contributed by atoms with van der Waals surface area (Å²) >= 11 is 6.84. The molecule has 5 N–H and O–H groups in total. The maximum absolute atomic E-state index is 13.9. The number of hydrogen-bond acceptors (Lipinski definition) is 6. The minimum atomic E-state index is -1.07. The number of halogens is 1. The molecule has 178 valence electrons. The highest BCUT2D eigenvalue weighted by Crippen LogP contribution is 2.34. The maximum atomic E-state index is 13.9. The molecule has 3 aromatic rings. The number of hydrogen-bond donors (Lipinski definition) is 3. The second kappa shape index (κ2) is 9.82. The van der Waals surface area contributed by atoms with E-state index in [-0.39, 0.29) is 16.3 Å². The van der Waals surface area contributed by atoms with Crippen molar-refractivity contribution in [2.75, 3.05) is 10.6 Å². The van der Waals surface area contributed by atoms with E-state index in [9.17, 15) is 14.4 Å². The average Bonchev–Trinajstić information content (AvgIpc) is 3.12. The zero-order chi connectivity index (χ0) is 25.2. The van der Waals surface area contributed by atoms with Crippen molar-refractivity contribution in [3.05, 3.63) is 75.3 Å². The Hall–Kier alpha value is -3.43. The molecular weight excluding hydrogens is 474 g/mol. The molecule has 1 heterocycles. The molecule has 0 bridgehead atoms. The summed E-state index contributed by atoms with van der Waals surface area (Å²) in [5, 5.41) is 3.45. The topological polar surface area (TPSA) is 131 Å². The van der Waals surface area contributed by atoms with Crippen LogP contribution in [0.4, 0.5) is 11.4 Å². The minimum absolute atomic E-state index is 0.0119. The number of nitrogens with two attached hydrogens (primary N) is 2. The van der Waals surface area contributed by atoms with Gasteiger partial charge in [-0.1, -0.05) is 35.9 Å². The number of nitrogens with zero attached hydrogens (tertiary/aromatic N) is 2. The number of rotatable bonds is 6. The first-order chi connectivity index (χ1) is 15.9. The van der Waals surface area contributed by atoms with Crippen molar-refractivity contribution in [3.8, 4) is 0 Å². The third-order valence-corrected chi connectivity index (χ3v) is 5.95. The van der Waals surface area contributed by atoms with Crippen LogP contribution in [0.3, 0.4) is 0 Å². The van der Waals surface area contributed by atoms with Crippen molar-refractivity contribution in [1.82, 2.24) is 9.69 Å². The Morgan fingerprint density at radius 1 is 1.12 bits per heavy atom. The van der Waals surface area contributed by atoms with E-state index in [0.717, 1.165) is 17.1 Å². The Labute approximate surface area is 207 Å². The van der Waals surface area contributed by atoms with Crippen LogP contribution in [0.2, 0.25) is 5.02 Å². The number of nitrogen functional groups attached to an aromatic ring is 1. The van der Waals surface area contributed by atoms with Crippen molar-refractivity contribution in [3.63, 3.8) is 0 Å². The average molecular weight is 500 g/mol. The Balaban J connectivity index is 2.24. The van der Waals surface area contributed by atoms with E-state index >= 15 is 0 Å². The summed E-state index contributed by atoms with van der Waals surface area (Å²) in [6.07, 6.45) is 0. The lowest BCUT2D eigenvalue weighted by molar-refractivity contribution is -0.123. The SMILES string of the molecule is Cc1cccc(N(C(=O)c2snc(C(N)=O)c2N)[C@@H](C(=O)NC(C)(C)C)c2ccc(Cl)cc2)c1.